The van der Waals surface area contributed by atoms with Crippen molar-refractivity contribution in [2.45, 2.75) is 57.5 Å². The summed E-state index contributed by atoms with van der Waals surface area (Å²) in [5, 5.41) is 14.8. The first kappa shape index (κ1) is 14.0. The van der Waals surface area contributed by atoms with Crippen LogP contribution in [0.15, 0.2) is 0 Å². The van der Waals surface area contributed by atoms with E-state index in [1.54, 1.807) is 13.8 Å². The van der Waals surface area contributed by atoms with Gasteiger partial charge in [-0.1, -0.05) is 12.8 Å². The third-order valence-electron chi connectivity index (χ3n) is 2.93. The molecule has 1 fully saturated rings. The zero-order chi connectivity index (χ0) is 12.9. The molecule has 0 aromatic heterocycles. The number of hydrogen-bond donors (Lipinski definition) is 3. The van der Waals surface area contributed by atoms with Crippen LogP contribution < -0.4 is 10.6 Å². The van der Waals surface area contributed by atoms with Crippen molar-refractivity contribution < 1.29 is 14.7 Å². The van der Waals surface area contributed by atoms with Crippen LogP contribution in [0.3, 0.4) is 0 Å². The fourth-order valence-corrected chi connectivity index (χ4v) is 2.10. The van der Waals surface area contributed by atoms with Crippen molar-refractivity contribution in [3.8, 4) is 0 Å². The molecule has 1 aliphatic rings. The lowest BCUT2D eigenvalue weighted by Gasteiger charge is -2.27. The fraction of sp³-hybridized carbons (Fsp3) is 0.833. The largest absolute Gasteiger partial charge is 0.481 e. The number of carboxylic acid groups (broad SMARTS) is 1. The number of carbonyl (C=O) groups is 2. The van der Waals surface area contributed by atoms with Crippen LogP contribution in [-0.4, -0.2) is 35.1 Å². The number of carbonyl (C=O) groups excluding carboxylic acids is 1. The second kappa shape index (κ2) is 6.00. The van der Waals surface area contributed by atoms with Crippen molar-refractivity contribution in [2.75, 3.05) is 6.54 Å². The van der Waals surface area contributed by atoms with Crippen LogP contribution in [0.2, 0.25) is 0 Å². The predicted molar refractivity (Wildman–Crippen MR) is 64.7 cm³/mol. The van der Waals surface area contributed by atoms with E-state index >= 15 is 0 Å². The lowest BCUT2D eigenvalue weighted by atomic mass is 9.99. The normalized spacial score (nSPS) is 21.6. The van der Waals surface area contributed by atoms with Gasteiger partial charge in [-0.3, -0.25) is 9.59 Å². The molecular weight excluding hydrogens is 220 g/mol. The number of aliphatic carboxylic acids is 1. The predicted octanol–water partition coefficient (Wildman–Crippen LogP) is 0.888. The van der Waals surface area contributed by atoms with Gasteiger partial charge in [0, 0.05) is 5.54 Å². The van der Waals surface area contributed by atoms with Gasteiger partial charge in [0.15, 0.2) is 0 Å². The summed E-state index contributed by atoms with van der Waals surface area (Å²) in [6, 6.07) is -0.175. The zero-order valence-corrected chi connectivity index (χ0v) is 10.6. The summed E-state index contributed by atoms with van der Waals surface area (Å²) in [4.78, 5) is 22.6. The highest BCUT2D eigenvalue weighted by Crippen LogP contribution is 2.12. The minimum absolute atomic E-state index is 0.0640. The third-order valence-corrected chi connectivity index (χ3v) is 2.93. The molecule has 1 unspecified atom stereocenters. The minimum atomic E-state index is -0.899. The van der Waals surface area contributed by atoms with Crippen molar-refractivity contribution in [1.29, 1.82) is 0 Å². The highest BCUT2D eigenvalue weighted by Gasteiger charge is 2.27. The minimum Gasteiger partial charge on any atom is -0.481 e. The van der Waals surface area contributed by atoms with Crippen molar-refractivity contribution in [3.05, 3.63) is 0 Å². The third kappa shape index (κ3) is 5.17. The molecule has 0 radical (unpaired) electrons. The molecule has 1 atom stereocenters. The maximum atomic E-state index is 12.0. The molecule has 3 N–H and O–H groups in total. The highest BCUT2D eigenvalue weighted by atomic mass is 16.4. The molecule has 0 saturated carbocycles. The van der Waals surface area contributed by atoms with Crippen molar-refractivity contribution in [1.82, 2.24) is 10.6 Å². The van der Waals surface area contributed by atoms with Crippen LogP contribution in [0.4, 0.5) is 0 Å². The van der Waals surface area contributed by atoms with E-state index in [2.05, 4.69) is 10.6 Å². The molecule has 0 aromatic carbocycles. The molecule has 1 heterocycles. The standard InChI is InChI=1S/C12H22N2O3/c1-12(2,8-10(15)16)14-11(17)9-6-4-3-5-7-13-9/h9,13H,3-8H2,1-2H3,(H,14,17)(H,15,16). The van der Waals surface area contributed by atoms with Gasteiger partial charge in [-0.25, -0.2) is 0 Å². The van der Waals surface area contributed by atoms with Crippen LogP contribution in [-0.2, 0) is 9.59 Å². The van der Waals surface area contributed by atoms with Crippen molar-refractivity contribution >= 4 is 11.9 Å². The van der Waals surface area contributed by atoms with Crippen molar-refractivity contribution in [3.63, 3.8) is 0 Å². The van der Waals surface area contributed by atoms with Gasteiger partial charge in [-0.15, -0.1) is 0 Å². The summed E-state index contributed by atoms with van der Waals surface area (Å²) in [5.74, 6) is -0.984. The van der Waals surface area contributed by atoms with Crippen molar-refractivity contribution in [2.24, 2.45) is 0 Å². The summed E-state index contributed by atoms with van der Waals surface area (Å²) in [5.41, 5.74) is -0.698. The number of rotatable bonds is 4. The van der Waals surface area contributed by atoms with Crippen LogP contribution in [0.5, 0.6) is 0 Å². The Bertz CT molecular complexity index is 281. The number of nitrogens with one attached hydrogen (secondary N) is 2. The Balaban J connectivity index is 2.48. The van der Waals surface area contributed by atoms with E-state index in [1.807, 2.05) is 0 Å². The van der Waals surface area contributed by atoms with E-state index < -0.39 is 11.5 Å². The van der Waals surface area contributed by atoms with Gasteiger partial charge < -0.3 is 15.7 Å². The number of hydrogen-bond acceptors (Lipinski definition) is 3. The molecule has 1 amide bonds. The van der Waals surface area contributed by atoms with Gasteiger partial charge in [-0.05, 0) is 33.2 Å². The maximum Gasteiger partial charge on any atom is 0.305 e. The molecule has 1 rings (SSSR count). The average Bonchev–Trinajstić information content (AvgIpc) is 2.41. The van der Waals surface area contributed by atoms with Crippen LogP contribution in [0.25, 0.3) is 0 Å². The van der Waals surface area contributed by atoms with E-state index in [0.717, 1.165) is 32.2 Å². The summed E-state index contributed by atoms with van der Waals surface area (Å²) in [6.45, 7) is 4.32. The Kier molecular flexibility index (Phi) is 4.93. The molecule has 1 saturated heterocycles. The quantitative estimate of drug-likeness (QED) is 0.684. The van der Waals surface area contributed by atoms with Gasteiger partial charge in [0.2, 0.25) is 5.91 Å². The molecule has 17 heavy (non-hydrogen) atoms. The first-order valence-corrected chi connectivity index (χ1v) is 6.18. The molecule has 98 valence electrons. The molecule has 0 spiro atoms. The van der Waals surface area contributed by atoms with Gasteiger partial charge in [0.1, 0.15) is 0 Å². The second-order valence-electron chi connectivity index (χ2n) is 5.30. The molecule has 0 bridgehead atoms. The monoisotopic (exact) mass is 242 g/mol. The zero-order valence-electron chi connectivity index (χ0n) is 10.6. The molecule has 0 aromatic rings. The van der Waals surface area contributed by atoms with E-state index in [-0.39, 0.29) is 18.4 Å². The average molecular weight is 242 g/mol. The van der Waals surface area contributed by atoms with Crippen LogP contribution >= 0.6 is 0 Å². The van der Waals surface area contributed by atoms with E-state index in [9.17, 15) is 9.59 Å². The van der Waals surface area contributed by atoms with Crippen LogP contribution in [0.1, 0.15) is 46.0 Å². The lowest BCUT2D eigenvalue weighted by Crippen LogP contribution is -2.52. The first-order valence-electron chi connectivity index (χ1n) is 6.18. The SMILES string of the molecule is CC(C)(CC(=O)O)NC(=O)C1CCCCCN1. The topological polar surface area (TPSA) is 78.4 Å². The molecule has 5 nitrogen and oxygen atoms in total. The maximum absolute atomic E-state index is 12.0. The Morgan fingerprint density at radius 2 is 2.06 bits per heavy atom. The Labute approximate surface area is 102 Å². The van der Waals surface area contributed by atoms with E-state index in [4.69, 9.17) is 5.11 Å². The Morgan fingerprint density at radius 3 is 2.71 bits per heavy atom. The Hall–Kier alpha value is -1.10. The highest BCUT2D eigenvalue weighted by molar-refractivity contribution is 5.83. The number of amides is 1. The molecule has 5 heteroatoms. The summed E-state index contributed by atoms with van der Waals surface area (Å²) in [6.07, 6.45) is 4.06. The summed E-state index contributed by atoms with van der Waals surface area (Å²) >= 11 is 0. The van der Waals surface area contributed by atoms with Gasteiger partial charge in [-0.2, -0.15) is 0 Å². The molecule has 1 aliphatic heterocycles. The van der Waals surface area contributed by atoms with Gasteiger partial charge in [0.05, 0.1) is 12.5 Å². The van der Waals surface area contributed by atoms with E-state index in [1.165, 1.54) is 0 Å². The number of carboxylic acids is 1. The lowest BCUT2D eigenvalue weighted by molar-refractivity contribution is -0.138. The Morgan fingerprint density at radius 1 is 1.35 bits per heavy atom. The van der Waals surface area contributed by atoms with Crippen LogP contribution in [0, 0.1) is 0 Å². The molecule has 0 aliphatic carbocycles. The fourth-order valence-electron chi connectivity index (χ4n) is 2.10. The second-order valence-corrected chi connectivity index (χ2v) is 5.30. The van der Waals surface area contributed by atoms with E-state index in [0.29, 0.717) is 0 Å². The first-order chi connectivity index (χ1) is 7.91. The summed E-state index contributed by atoms with van der Waals surface area (Å²) < 4.78 is 0. The van der Waals surface area contributed by atoms with Gasteiger partial charge >= 0.3 is 5.97 Å². The molecular formula is C12H22N2O3. The smallest absolute Gasteiger partial charge is 0.305 e. The van der Waals surface area contributed by atoms with Gasteiger partial charge in [0.25, 0.3) is 0 Å². The summed E-state index contributed by atoms with van der Waals surface area (Å²) in [7, 11) is 0.